The average molecular weight is 234 g/mol. The lowest BCUT2D eigenvalue weighted by Gasteiger charge is -2.08. The molecule has 1 unspecified atom stereocenters. The maximum atomic E-state index is 10.8. The van der Waals surface area contributed by atoms with E-state index in [0.717, 1.165) is 17.5 Å². The van der Waals surface area contributed by atoms with Crippen molar-refractivity contribution in [3.63, 3.8) is 0 Å². The van der Waals surface area contributed by atoms with Crippen LogP contribution in [0, 0.1) is 0 Å². The first-order valence-electron chi connectivity index (χ1n) is 5.61. The average Bonchev–Trinajstić information content (AvgIpc) is 2.28. The Morgan fingerprint density at radius 1 is 1.18 bits per heavy atom. The van der Waals surface area contributed by atoms with Crippen molar-refractivity contribution in [1.29, 1.82) is 0 Å². The number of hydrogen-bond acceptors (Lipinski definition) is 3. The molecular formula is C13H18N2O2. The predicted octanol–water partition coefficient (Wildman–Crippen LogP) is 0.563. The highest BCUT2D eigenvalue weighted by Crippen LogP contribution is 2.08. The van der Waals surface area contributed by atoms with Crippen LogP contribution in [0.25, 0.3) is 0 Å². The van der Waals surface area contributed by atoms with Gasteiger partial charge in [0.25, 0.3) is 0 Å². The smallest absolute Gasteiger partial charge is 0.234 e. The molecule has 17 heavy (non-hydrogen) atoms. The Labute approximate surface area is 101 Å². The van der Waals surface area contributed by atoms with Gasteiger partial charge in [0.2, 0.25) is 5.91 Å². The van der Waals surface area contributed by atoms with E-state index in [1.807, 2.05) is 24.3 Å². The Morgan fingerprint density at radius 3 is 2.18 bits per heavy atom. The van der Waals surface area contributed by atoms with Crippen LogP contribution in [0.3, 0.4) is 0 Å². The predicted molar refractivity (Wildman–Crippen MR) is 66.3 cm³/mol. The van der Waals surface area contributed by atoms with Gasteiger partial charge in [0.15, 0.2) is 0 Å². The minimum absolute atomic E-state index is 0.185. The summed E-state index contributed by atoms with van der Waals surface area (Å²) in [5.41, 5.74) is 12.7. The maximum Gasteiger partial charge on any atom is 0.234 e. The summed E-state index contributed by atoms with van der Waals surface area (Å²) in [5, 5.41) is 0. The molecule has 1 rings (SSSR count). The molecular weight excluding hydrogens is 216 g/mol. The van der Waals surface area contributed by atoms with E-state index in [1.54, 1.807) is 6.92 Å². The molecule has 0 saturated carbocycles. The van der Waals surface area contributed by atoms with E-state index in [0.29, 0.717) is 12.8 Å². The summed E-state index contributed by atoms with van der Waals surface area (Å²) in [6.45, 7) is 1.58. The number of benzene rings is 1. The van der Waals surface area contributed by atoms with Gasteiger partial charge in [-0.05, 0) is 30.9 Å². The number of nitrogens with two attached hydrogens (primary N) is 2. The van der Waals surface area contributed by atoms with Crippen LogP contribution in [0.4, 0.5) is 0 Å². The number of Topliss-reactive ketones (excluding diaryl/α,β-unsaturated/α-hetero) is 1. The molecule has 1 atom stereocenters. The van der Waals surface area contributed by atoms with E-state index >= 15 is 0 Å². The summed E-state index contributed by atoms with van der Waals surface area (Å²) in [4.78, 5) is 21.6. The lowest BCUT2D eigenvalue weighted by molar-refractivity contribution is -0.119. The Morgan fingerprint density at radius 2 is 1.71 bits per heavy atom. The Bertz CT molecular complexity index is 398. The lowest BCUT2D eigenvalue weighted by atomic mass is 10.0. The zero-order valence-corrected chi connectivity index (χ0v) is 9.98. The number of primary amides is 1. The third kappa shape index (κ3) is 4.78. The third-order valence-corrected chi connectivity index (χ3v) is 2.61. The zero-order chi connectivity index (χ0) is 12.8. The van der Waals surface area contributed by atoms with Crippen molar-refractivity contribution in [3.8, 4) is 0 Å². The van der Waals surface area contributed by atoms with Crippen molar-refractivity contribution >= 4 is 11.7 Å². The van der Waals surface area contributed by atoms with E-state index in [-0.39, 0.29) is 5.78 Å². The van der Waals surface area contributed by atoms with Crippen molar-refractivity contribution in [2.75, 3.05) is 0 Å². The molecule has 0 spiro atoms. The number of rotatable bonds is 6. The molecule has 4 nitrogen and oxygen atoms in total. The molecule has 0 bridgehead atoms. The van der Waals surface area contributed by atoms with Crippen molar-refractivity contribution in [2.45, 2.75) is 32.2 Å². The largest absolute Gasteiger partial charge is 0.368 e. The molecule has 1 aromatic carbocycles. The van der Waals surface area contributed by atoms with Crippen LogP contribution in [0.15, 0.2) is 24.3 Å². The molecule has 0 aliphatic rings. The normalized spacial score (nSPS) is 12.1. The second-order valence-electron chi connectivity index (χ2n) is 4.23. The van der Waals surface area contributed by atoms with Gasteiger partial charge < -0.3 is 16.3 Å². The fourth-order valence-electron chi connectivity index (χ4n) is 1.52. The second-order valence-corrected chi connectivity index (χ2v) is 4.23. The molecule has 0 aliphatic carbocycles. The maximum absolute atomic E-state index is 10.8. The van der Waals surface area contributed by atoms with Gasteiger partial charge in [-0.15, -0.1) is 0 Å². The van der Waals surface area contributed by atoms with Crippen LogP contribution >= 0.6 is 0 Å². The summed E-state index contributed by atoms with van der Waals surface area (Å²) in [6, 6.07) is 7.09. The number of ketones is 1. The molecule has 0 fully saturated rings. The highest BCUT2D eigenvalue weighted by Gasteiger charge is 2.09. The zero-order valence-electron chi connectivity index (χ0n) is 9.98. The van der Waals surface area contributed by atoms with Crippen molar-refractivity contribution in [1.82, 2.24) is 0 Å². The van der Waals surface area contributed by atoms with E-state index < -0.39 is 11.9 Å². The van der Waals surface area contributed by atoms with Crippen LogP contribution in [0.1, 0.15) is 24.5 Å². The fraction of sp³-hybridized carbons (Fsp3) is 0.385. The molecule has 92 valence electrons. The summed E-state index contributed by atoms with van der Waals surface area (Å²) >= 11 is 0. The second kappa shape index (κ2) is 6.15. The van der Waals surface area contributed by atoms with Crippen molar-refractivity contribution in [2.24, 2.45) is 11.5 Å². The molecule has 0 radical (unpaired) electrons. The molecule has 0 aromatic heterocycles. The Balaban J connectivity index is 2.55. The Kier molecular flexibility index (Phi) is 4.84. The minimum atomic E-state index is -0.641. The number of amides is 1. The van der Waals surface area contributed by atoms with Gasteiger partial charge in [0.1, 0.15) is 5.78 Å². The van der Waals surface area contributed by atoms with Gasteiger partial charge in [0.05, 0.1) is 6.04 Å². The van der Waals surface area contributed by atoms with Gasteiger partial charge >= 0.3 is 0 Å². The third-order valence-electron chi connectivity index (χ3n) is 2.61. The summed E-state index contributed by atoms with van der Waals surface area (Å²) < 4.78 is 0. The molecule has 4 heteroatoms. The molecule has 1 amide bonds. The topological polar surface area (TPSA) is 86.2 Å². The minimum Gasteiger partial charge on any atom is -0.368 e. The van der Waals surface area contributed by atoms with Crippen LogP contribution in [-0.2, 0) is 22.4 Å². The van der Waals surface area contributed by atoms with E-state index in [1.165, 1.54) is 0 Å². The monoisotopic (exact) mass is 234 g/mol. The van der Waals surface area contributed by atoms with Gasteiger partial charge in [-0.1, -0.05) is 24.3 Å². The molecule has 1 aromatic rings. The van der Waals surface area contributed by atoms with Gasteiger partial charge in [-0.2, -0.15) is 0 Å². The fourth-order valence-corrected chi connectivity index (χ4v) is 1.52. The number of hydrogen-bond donors (Lipinski definition) is 2. The highest BCUT2D eigenvalue weighted by atomic mass is 16.1. The van der Waals surface area contributed by atoms with Crippen LogP contribution < -0.4 is 11.5 Å². The van der Waals surface area contributed by atoms with Crippen LogP contribution in [-0.4, -0.2) is 17.7 Å². The van der Waals surface area contributed by atoms with E-state index in [4.69, 9.17) is 11.5 Å². The molecule has 0 saturated heterocycles. The number of aryl methyl sites for hydroxylation is 1. The first kappa shape index (κ1) is 13.4. The summed E-state index contributed by atoms with van der Waals surface area (Å²) in [6.07, 6.45) is 1.75. The standard InChI is InChI=1S/C13H18N2O2/c1-9(16)2-3-10-4-6-11(7-5-10)8-12(14)13(15)17/h4-7,12H,2-3,8,14H2,1H3,(H2,15,17). The molecule has 0 heterocycles. The summed E-state index contributed by atoms with van der Waals surface area (Å²) in [7, 11) is 0. The molecule has 0 aliphatic heterocycles. The summed E-state index contributed by atoms with van der Waals surface area (Å²) in [5.74, 6) is -0.310. The van der Waals surface area contributed by atoms with Crippen molar-refractivity contribution in [3.05, 3.63) is 35.4 Å². The van der Waals surface area contributed by atoms with Gasteiger partial charge in [-0.3, -0.25) is 4.79 Å². The Hall–Kier alpha value is -1.68. The van der Waals surface area contributed by atoms with E-state index in [9.17, 15) is 9.59 Å². The SMILES string of the molecule is CC(=O)CCc1ccc(CC(N)C(N)=O)cc1. The first-order chi connectivity index (χ1) is 7.99. The number of carbonyl (C=O) groups is 2. The lowest BCUT2D eigenvalue weighted by Crippen LogP contribution is -2.38. The first-order valence-corrected chi connectivity index (χ1v) is 5.61. The quantitative estimate of drug-likeness (QED) is 0.754. The molecule has 4 N–H and O–H groups in total. The van der Waals surface area contributed by atoms with Crippen LogP contribution in [0.5, 0.6) is 0 Å². The van der Waals surface area contributed by atoms with E-state index in [2.05, 4.69) is 0 Å². The highest BCUT2D eigenvalue weighted by molar-refractivity contribution is 5.79. The number of carbonyl (C=O) groups excluding carboxylic acids is 2. The van der Waals surface area contributed by atoms with Crippen molar-refractivity contribution < 1.29 is 9.59 Å². The van der Waals surface area contributed by atoms with Gasteiger partial charge in [0, 0.05) is 6.42 Å². The van der Waals surface area contributed by atoms with Gasteiger partial charge in [-0.25, -0.2) is 0 Å². The van der Waals surface area contributed by atoms with Crippen LogP contribution in [0.2, 0.25) is 0 Å².